The fourth-order valence-electron chi connectivity index (χ4n) is 3.41. The molecule has 1 saturated heterocycles. The molecule has 0 aliphatic carbocycles. The molecule has 2 amide bonds. The molecule has 3 aromatic rings. The molecule has 1 aliphatic heterocycles. The summed E-state index contributed by atoms with van der Waals surface area (Å²) >= 11 is 1.37. The lowest BCUT2D eigenvalue weighted by Gasteiger charge is -2.27. The Labute approximate surface area is 178 Å². The van der Waals surface area contributed by atoms with Crippen LogP contribution in [0.3, 0.4) is 0 Å². The zero-order valence-corrected chi connectivity index (χ0v) is 17.2. The number of nitrogens with one attached hydrogen (secondary N) is 1. The van der Waals surface area contributed by atoms with E-state index in [1.165, 1.54) is 23.9 Å². The number of halogens is 1. The van der Waals surface area contributed by atoms with Gasteiger partial charge in [-0.3, -0.25) is 9.59 Å². The van der Waals surface area contributed by atoms with Gasteiger partial charge in [-0.15, -0.1) is 11.8 Å². The highest BCUT2D eigenvalue weighted by molar-refractivity contribution is 8.00. The number of morpholine rings is 1. The highest BCUT2D eigenvalue weighted by Crippen LogP contribution is 2.30. The van der Waals surface area contributed by atoms with E-state index in [0.29, 0.717) is 26.3 Å². The maximum absolute atomic E-state index is 13.7. The van der Waals surface area contributed by atoms with Crippen LogP contribution in [0.1, 0.15) is 0 Å². The Morgan fingerprint density at radius 1 is 1.07 bits per heavy atom. The number of aromatic nitrogens is 1. The Hall–Kier alpha value is -2.84. The summed E-state index contributed by atoms with van der Waals surface area (Å²) in [6.07, 6.45) is 1.91. The molecule has 0 radical (unpaired) electrons. The van der Waals surface area contributed by atoms with E-state index in [1.807, 2.05) is 39.9 Å². The zero-order valence-electron chi connectivity index (χ0n) is 16.3. The van der Waals surface area contributed by atoms with E-state index < -0.39 is 5.82 Å². The number of benzene rings is 2. The van der Waals surface area contributed by atoms with Gasteiger partial charge in [0.25, 0.3) is 0 Å². The number of carbonyl (C=O) groups is 2. The lowest BCUT2D eigenvalue weighted by atomic mass is 10.2. The normalized spacial score (nSPS) is 14.1. The topological polar surface area (TPSA) is 63.6 Å². The lowest BCUT2D eigenvalue weighted by molar-refractivity contribution is -0.135. The highest BCUT2D eigenvalue weighted by atomic mass is 32.2. The third kappa shape index (κ3) is 4.66. The van der Waals surface area contributed by atoms with Crippen molar-refractivity contribution in [2.24, 2.45) is 0 Å². The molecule has 4 rings (SSSR count). The van der Waals surface area contributed by atoms with Crippen molar-refractivity contribution in [1.29, 1.82) is 0 Å². The predicted molar refractivity (Wildman–Crippen MR) is 115 cm³/mol. The average Bonchev–Trinajstić information content (AvgIpc) is 3.12. The first-order valence-electron chi connectivity index (χ1n) is 9.72. The van der Waals surface area contributed by atoms with Crippen LogP contribution in [0, 0.1) is 5.82 Å². The quantitative estimate of drug-likeness (QED) is 0.613. The second-order valence-electron chi connectivity index (χ2n) is 6.95. The number of rotatable bonds is 6. The minimum Gasteiger partial charge on any atom is -0.378 e. The smallest absolute Gasteiger partial charge is 0.242 e. The number of thioether (sulfide) groups is 1. The van der Waals surface area contributed by atoms with Crippen LogP contribution in [0.5, 0.6) is 0 Å². The van der Waals surface area contributed by atoms with Gasteiger partial charge in [0, 0.05) is 35.1 Å². The first-order valence-corrected chi connectivity index (χ1v) is 10.7. The minimum absolute atomic E-state index is 0.0490. The maximum atomic E-state index is 13.7. The Kier molecular flexibility index (Phi) is 6.35. The van der Waals surface area contributed by atoms with Crippen molar-refractivity contribution in [3.8, 4) is 0 Å². The third-order valence-electron chi connectivity index (χ3n) is 4.93. The predicted octanol–water partition coefficient (Wildman–Crippen LogP) is 3.37. The number of amides is 2. The van der Waals surface area contributed by atoms with Crippen LogP contribution in [0.4, 0.5) is 10.1 Å². The summed E-state index contributed by atoms with van der Waals surface area (Å²) in [5, 5.41) is 3.58. The molecule has 1 N–H and O–H groups in total. The van der Waals surface area contributed by atoms with Crippen LogP contribution >= 0.6 is 11.8 Å². The molecule has 1 aliphatic rings. The Bertz CT molecular complexity index is 1060. The Balaban J connectivity index is 1.46. The van der Waals surface area contributed by atoms with Crippen molar-refractivity contribution in [2.75, 3.05) is 37.4 Å². The van der Waals surface area contributed by atoms with Gasteiger partial charge in [-0.05, 0) is 18.2 Å². The summed E-state index contributed by atoms with van der Waals surface area (Å²) in [5.41, 5.74) is 1.11. The molecular weight excluding hydrogens is 405 g/mol. The number of carbonyl (C=O) groups excluding carboxylic acids is 2. The third-order valence-corrected chi connectivity index (χ3v) is 5.97. The van der Waals surface area contributed by atoms with Gasteiger partial charge in [-0.25, -0.2) is 4.39 Å². The van der Waals surface area contributed by atoms with Crippen molar-refractivity contribution in [2.45, 2.75) is 11.4 Å². The number of ether oxygens (including phenoxy) is 1. The van der Waals surface area contributed by atoms with E-state index >= 15 is 0 Å². The number of anilines is 1. The Morgan fingerprint density at radius 2 is 1.80 bits per heavy atom. The fraction of sp³-hybridized carbons (Fsp3) is 0.273. The monoisotopic (exact) mass is 427 g/mol. The number of fused-ring (bicyclic) bond motifs is 1. The molecule has 156 valence electrons. The molecule has 1 aromatic heterocycles. The van der Waals surface area contributed by atoms with Gasteiger partial charge < -0.3 is 19.5 Å². The zero-order chi connectivity index (χ0) is 20.9. The molecular formula is C22H22FN3O3S. The lowest BCUT2D eigenvalue weighted by Crippen LogP contribution is -2.42. The molecule has 1 fully saturated rings. The summed E-state index contributed by atoms with van der Waals surface area (Å²) < 4.78 is 21.0. The summed E-state index contributed by atoms with van der Waals surface area (Å²) in [6.45, 7) is 2.58. The standard InChI is InChI=1S/C22H22FN3O3S/c23-17-6-2-3-7-18(17)24-21(27)15-30-20-13-26(19-8-4-1-5-16(19)20)14-22(28)25-9-11-29-12-10-25/h1-8,13H,9-12,14-15H2,(H,24,27). The summed E-state index contributed by atoms with van der Waals surface area (Å²) in [4.78, 5) is 27.7. The van der Waals surface area contributed by atoms with Gasteiger partial charge in [0.2, 0.25) is 11.8 Å². The van der Waals surface area contributed by atoms with Crippen molar-refractivity contribution < 1.29 is 18.7 Å². The maximum Gasteiger partial charge on any atom is 0.242 e. The second-order valence-corrected chi connectivity index (χ2v) is 7.97. The highest BCUT2D eigenvalue weighted by Gasteiger charge is 2.19. The summed E-state index contributed by atoms with van der Waals surface area (Å²) in [5.74, 6) is -0.562. The number of para-hydroxylation sites is 2. The molecule has 0 bridgehead atoms. The van der Waals surface area contributed by atoms with E-state index in [-0.39, 0.29) is 29.8 Å². The van der Waals surface area contributed by atoms with Crippen LogP contribution in [-0.2, 0) is 20.9 Å². The van der Waals surface area contributed by atoms with E-state index in [2.05, 4.69) is 5.32 Å². The van der Waals surface area contributed by atoms with Crippen molar-refractivity contribution in [3.63, 3.8) is 0 Å². The van der Waals surface area contributed by atoms with Crippen LogP contribution < -0.4 is 5.32 Å². The SMILES string of the molecule is O=C(CSc1cn(CC(=O)N2CCOCC2)c2ccccc12)Nc1ccccc1F. The minimum atomic E-state index is -0.464. The fourth-order valence-corrected chi connectivity index (χ4v) is 4.30. The molecule has 8 heteroatoms. The van der Waals surface area contributed by atoms with E-state index in [4.69, 9.17) is 4.74 Å². The Morgan fingerprint density at radius 3 is 2.60 bits per heavy atom. The van der Waals surface area contributed by atoms with Gasteiger partial charge in [0.05, 0.1) is 24.7 Å². The number of nitrogens with zero attached hydrogens (tertiary/aromatic N) is 2. The van der Waals surface area contributed by atoms with Gasteiger partial charge >= 0.3 is 0 Å². The molecule has 2 heterocycles. The molecule has 0 atom stereocenters. The van der Waals surface area contributed by atoms with Gasteiger partial charge in [0.1, 0.15) is 12.4 Å². The summed E-state index contributed by atoms with van der Waals surface area (Å²) in [6, 6.07) is 13.9. The van der Waals surface area contributed by atoms with Gasteiger partial charge in [-0.1, -0.05) is 30.3 Å². The van der Waals surface area contributed by atoms with E-state index in [0.717, 1.165) is 15.8 Å². The first kappa shape index (κ1) is 20.4. The summed E-state index contributed by atoms with van der Waals surface area (Å²) in [7, 11) is 0. The molecule has 0 spiro atoms. The number of hydrogen-bond acceptors (Lipinski definition) is 4. The molecule has 0 saturated carbocycles. The second kappa shape index (κ2) is 9.32. The first-order chi connectivity index (χ1) is 14.6. The molecule has 6 nitrogen and oxygen atoms in total. The molecule has 2 aromatic carbocycles. The molecule has 0 unspecified atom stereocenters. The average molecular weight is 428 g/mol. The van der Waals surface area contributed by atoms with E-state index in [1.54, 1.807) is 12.1 Å². The van der Waals surface area contributed by atoms with Crippen LogP contribution in [-0.4, -0.2) is 53.3 Å². The van der Waals surface area contributed by atoms with Crippen molar-refractivity contribution >= 4 is 40.2 Å². The van der Waals surface area contributed by atoms with Gasteiger partial charge in [0.15, 0.2) is 0 Å². The van der Waals surface area contributed by atoms with Crippen LogP contribution in [0.2, 0.25) is 0 Å². The number of hydrogen-bond donors (Lipinski definition) is 1. The molecule has 30 heavy (non-hydrogen) atoms. The van der Waals surface area contributed by atoms with Crippen molar-refractivity contribution in [3.05, 3.63) is 60.5 Å². The van der Waals surface area contributed by atoms with Crippen molar-refractivity contribution in [1.82, 2.24) is 9.47 Å². The van der Waals surface area contributed by atoms with Gasteiger partial charge in [-0.2, -0.15) is 0 Å². The van der Waals surface area contributed by atoms with E-state index in [9.17, 15) is 14.0 Å². The van der Waals surface area contributed by atoms with Crippen LogP contribution in [0.25, 0.3) is 10.9 Å². The largest absolute Gasteiger partial charge is 0.378 e. The van der Waals surface area contributed by atoms with Crippen LogP contribution in [0.15, 0.2) is 59.6 Å².